The molecule has 38 heavy (non-hydrogen) atoms. The van der Waals surface area contributed by atoms with Gasteiger partial charge in [-0.25, -0.2) is 13.8 Å². The minimum Gasteiger partial charge on any atom is -0.267 e. The first-order valence-corrected chi connectivity index (χ1v) is 14.3. The van der Waals surface area contributed by atoms with E-state index < -0.39 is 10.0 Å². The number of halogens is 2. The van der Waals surface area contributed by atoms with Gasteiger partial charge in [-0.2, -0.15) is 5.10 Å². The van der Waals surface area contributed by atoms with Crippen LogP contribution in [0.2, 0.25) is 5.02 Å². The Morgan fingerprint density at radius 3 is 2.32 bits per heavy atom. The predicted molar refractivity (Wildman–Crippen MR) is 156 cm³/mol. The molecule has 0 heterocycles. The molecular weight excluding hydrogens is 586 g/mol. The van der Waals surface area contributed by atoms with E-state index in [0.717, 1.165) is 15.6 Å². The molecule has 0 aliphatic heterocycles. The third-order valence-corrected chi connectivity index (χ3v) is 8.38. The molecule has 9 heteroatoms. The van der Waals surface area contributed by atoms with Crippen molar-refractivity contribution in [1.82, 2.24) is 5.43 Å². The fourth-order valence-electron chi connectivity index (χ4n) is 3.78. The minimum absolute atomic E-state index is 0.0560. The zero-order chi connectivity index (χ0) is 27.3. The molecule has 0 saturated carbocycles. The molecule has 1 amide bonds. The second-order valence-electron chi connectivity index (χ2n) is 8.60. The number of hydrazone groups is 1. The molecule has 1 N–H and O–H groups in total. The standard InChI is InChI=1S/C29H25BrClN3O3S/c1-20-11-16-26(31)18-28(20)34(38(36,37)27-9-4-3-5-10-27)19-22-12-14-23(15-13-22)29(35)33-32-21(2)24-7-6-8-25(30)17-24/h3-18H,19H2,1-2H3,(H,33,35)/b32-21-. The Hall–Kier alpha value is -3.46. The normalized spacial score (nSPS) is 11.7. The molecule has 4 aromatic carbocycles. The van der Waals surface area contributed by atoms with E-state index in [1.807, 2.05) is 38.1 Å². The van der Waals surface area contributed by atoms with Crippen LogP contribution in [0.1, 0.15) is 34.0 Å². The van der Waals surface area contributed by atoms with Crippen molar-refractivity contribution in [2.45, 2.75) is 25.3 Å². The topological polar surface area (TPSA) is 78.8 Å². The molecule has 0 aliphatic rings. The maximum atomic E-state index is 13.7. The van der Waals surface area contributed by atoms with Crippen molar-refractivity contribution in [3.63, 3.8) is 0 Å². The molecule has 0 aliphatic carbocycles. The van der Waals surface area contributed by atoms with Gasteiger partial charge in [-0.1, -0.05) is 76.1 Å². The summed E-state index contributed by atoms with van der Waals surface area (Å²) >= 11 is 9.66. The van der Waals surface area contributed by atoms with Gasteiger partial charge >= 0.3 is 0 Å². The van der Waals surface area contributed by atoms with Gasteiger partial charge in [0, 0.05) is 15.1 Å². The molecule has 0 unspecified atom stereocenters. The molecule has 0 spiro atoms. The fraction of sp³-hybridized carbons (Fsp3) is 0.103. The maximum absolute atomic E-state index is 13.7. The summed E-state index contributed by atoms with van der Waals surface area (Å²) < 4.78 is 29.6. The molecule has 4 aromatic rings. The van der Waals surface area contributed by atoms with E-state index in [1.165, 1.54) is 4.31 Å². The summed E-state index contributed by atoms with van der Waals surface area (Å²) in [6.07, 6.45) is 0. The van der Waals surface area contributed by atoms with Crippen LogP contribution in [0.15, 0.2) is 112 Å². The van der Waals surface area contributed by atoms with E-state index in [2.05, 4.69) is 26.5 Å². The Morgan fingerprint density at radius 2 is 1.63 bits per heavy atom. The van der Waals surface area contributed by atoms with Crippen molar-refractivity contribution in [1.29, 1.82) is 0 Å². The number of anilines is 1. The highest BCUT2D eigenvalue weighted by molar-refractivity contribution is 9.10. The maximum Gasteiger partial charge on any atom is 0.271 e. The van der Waals surface area contributed by atoms with E-state index >= 15 is 0 Å². The van der Waals surface area contributed by atoms with E-state index in [-0.39, 0.29) is 17.3 Å². The van der Waals surface area contributed by atoms with Gasteiger partial charge in [-0.05, 0) is 79.1 Å². The number of sulfonamides is 1. The van der Waals surface area contributed by atoms with Crippen LogP contribution in [-0.2, 0) is 16.6 Å². The number of benzene rings is 4. The first-order chi connectivity index (χ1) is 18.1. The highest BCUT2D eigenvalue weighted by Gasteiger charge is 2.26. The highest BCUT2D eigenvalue weighted by Crippen LogP contribution is 2.31. The monoisotopic (exact) mass is 609 g/mol. The third kappa shape index (κ3) is 6.51. The van der Waals surface area contributed by atoms with Crippen LogP contribution >= 0.6 is 27.5 Å². The Morgan fingerprint density at radius 1 is 0.921 bits per heavy atom. The van der Waals surface area contributed by atoms with Crippen LogP contribution in [-0.4, -0.2) is 20.0 Å². The minimum atomic E-state index is -3.89. The summed E-state index contributed by atoms with van der Waals surface area (Å²) in [6.45, 7) is 3.70. The number of hydrogen-bond donors (Lipinski definition) is 1. The molecule has 0 aromatic heterocycles. The lowest BCUT2D eigenvalue weighted by Gasteiger charge is -2.26. The van der Waals surface area contributed by atoms with Crippen LogP contribution in [0, 0.1) is 6.92 Å². The van der Waals surface area contributed by atoms with E-state index in [9.17, 15) is 13.2 Å². The number of carbonyl (C=O) groups excluding carboxylic acids is 1. The van der Waals surface area contributed by atoms with Crippen LogP contribution in [0.3, 0.4) is 0 Å². The zero-order valence-electron chi connectivity index (χ0n) is 20.7. The second-order valence-corrected chi connectivity index (χ2v) is 11.8. The lowest BCUT2D eigenvalue weighted by atomic mass is 10.1. The largest absolute Gasteiger partial charge is 0.271 e. The van der Waals surface area contributed by atoms with Gasteiger partial charge in [-0.15, -0.1) is 0 Å². The summed E-state index contributed by atoms with van der Waals surface area (Å²) in [7, 11) is -3.89. The van der Waals surface area contributed by atoms with Gasteiger partial charge in [0.15, 0.2) is 0 Å². The quantitative estimate of drug-likeness (QED) is 0.173. The Labute approximate surface area is 236 Å². The van der Waals surface area contributed by atoms with Crippen molar-refractivity contribution >= 4 is 54.9 Å². The van der Waals surface area contributed by atoms with Gasteiger partial charge < -0.3 is 0 Å². The number of amides is 1. The number of hydrogen-bond acceptors (Lipinski definition) is 4. The average Bonchev–Trinajstić information content (AvgIpc) is 2.92. The zero-order valence-corrected chi connectivity index (χ0v) is 23.9. The first-order valence-electron chi connectivity index (χ1n) is 11.7. The molecule has 0 saturated heterocycles. The van der Waals surface area contributed by atoms with Crippen molar-refractivity contribution in [2.75, 3.05) is 4.31 Å². The van der Waals surface area contributed by atoms with E-state index in [0.29, 0.717) is 27.5 Å². The van der Waals surface area contributed by atoms with Gasteiger partial charge in [0.25, 0.3) is 15.9 Å². The van der Waals surface area contributed by atoms with Crippen LogP contribution < -0.4 is 9.73 Å². The summed E-state index contributed by atoms with van der Waals surface area (Å²) in [5, 5.41) is 4.64. The first kappa shape index (κ1) is 27.6. The van der Waals surface area contributed by atoms with Crippen molar-refractivity contribution in [3.8, 4) is 0 Å². The van der Waals surface area contributed by atoms with E-state index in [1.54, 1.807) is 72.8 Å². The molecule has 0 fully saturated rings. The summed E-state index contributed by atoms with van der Waals surface area (Å²) in [6, 6.07) is 27.8. The smallest absolute Gasteiger partial charge is 0.267 e. The van der Waals surface area contributed by atoms with Crippen LogP contribution in [0.4, 0.5) is 5.69 Å². The van der Waals surface area contributed by atoms with Crippen molar-refractivity contribution in [2.24, 2.45) is 5.10 Å². The Kier molecular flexibility index (Phi) is 8.66. The average molecular weight is 611 g/mol. The van der Waals surface area contributed by atoms with E-state index in [4.69, 9.17) is 11.6 Å². The lowest BCUT2D eigenvalue weighted by Crippen LogP contribution is -2.31. The summed E-state index contributed by atoms with van der Waals surface area (Å²) in [4.78, 5) is 12.9. The number of rotatable bonds is 8. The van der Waals surface area contributed by atoms with Crippen molar-refractivity contribution < 1.29 is 13.2 Å². The molecule has 0 radical (unpaired) electrons. The molecular formula is C29H25BrClN3O3S. The highest BCUT2D eigenvalue weighted by atomic mass is 79.9. The number of nitrogens with zero attached hydrogens (tertiary/aromatic N) is 2. The van der Waals surface area contributed by atoms with Crippen LogP contribution in [0.25, 0.3) is 0 Å². The number of carbonyl (C=O) groups is 1. The summed E-state index contributed by atoms with van der Waals surface area (Å²) in [5.74, 6) is -0.370. The third-order valence-electron chi connectivity index (χ3n) is 5.88. The fourth-order valence-corrected chi connectivity index (χ4v) is 5.87. The molecule has 4 rings (SSSR count). The molecule has 0 bridgehead atoms. The van der Waals surface area contributed by atoms with Crippen molar-refractivity contribution in [3.05, 3.63) is 129 Å². The number of aryl methyl sites for hydroxylation is 1. The molecule has 0 atom stereocenters. The van der Waals surface area contributed by atoms with Gasteiger partial charge in [-0.3, -0.25) is 9.10 Å². The summed E-state index contributed by atoms with van der Waals surface area (Å²) in [5.41, 5.74) is 6.47. The SMILES string of the molecule is C/C(=N/NC(=O)c1ccc(CN(c2cc(Cl)ccc2C)S(=O)(=O)c2ccccc2)cc1)c1cccc(Br)c1. The van der Waals surface area contributed by atoms with Gasteiger partial charge in [0.05, 0.1) is 22.8 Å². The van der Waals surface area contributed by atoms with Gasteiger partial charge in [0.2, 0.25) is 0 Å². The Bertz CT molecular complexity index is 1590. The molecule has 6 nitrogen and oxygen atoms in total. The molecule has 194 valence electrons. The second kappa shape index (κ2) is 11.9. The Balaban J connectivity index is 1.57. The predicted octanol–water partition coefficient (Wildman–Crippen LogP) is 6.96. The lowest BCUT2D eigenvalue weighted by molar-refractivity contribution is 0.0955. The van der Waals surface area contributed by atoms with Gasteiger partial charge in [0.1, 0.15) is 0 Å². The van der Waals surface area contributed by atoms with Crippen LogP contribution in [0.5, 0.6) is 0 Å². The number of nitrogens with one attached hydrogen (secondary N) is 1.